The maximum absolute atomic E-state index is 10.8. The lowest BCUT2D eigenvalue weighted by Gasteiger charge is -2.31. The Labute approximate surface area is 121 Å². The van der Waals surface area contributed by atoms with Gasteiger partial charge >= 0.3 is 5.69 Å². The number of nitriles is 1. The summed E-state index contributed by atoms with van der Waals surface area (Å²) in [6.07, 6.45) is 6.73. The van der Waals surface area contributed by atoms with Crippen molar-refractivity contribution in [1.29, 1.82) is 5.26 Å². The van der Waals surface area contributed by atoms with Crippen molar-refractivity contribution in [2.75, 3.05) is 11.6 Å². The maximum Gasteiger partial charge on any atom is 0.305 e. The number of nitro groups is 1. The van der Waals surface area contributed by atoms with Gasteiger partial charge in [-0.15, -0.1) is 0 Å². The first-order valence-electron chi connectivity index (χ1n) is 6.50. The highest BCUT2D eigenvalue weighted by Crippen LogP contribution is 2.29. The van der Waals surface area contributed by atoms with Crippen LogP contribution in [0.3, 0.4) is 0 Å². The van der Waals surface area contributed by atoms with Gasteiger partial charge in [0.1, 0.15) is 11.9 Å². The molecule has 2 rings (SSSR count). The standard InChI is InChI=1S/C13H16N4O2S/c1-20-12-5-3-2-4-9(12)15-13-7-6-11(17(18)19)10(8-14)16-13/h6-7,9,12H,2-5H2,1H3,(H,15,16). The molecule has 1 fully saturated rings. The van der Waals surface area contributed by atoms with Gasteiger partial charge in [0.15, 0.2) is 0 Å². The van der Waals surface area contributed by atoms with E-state index in [9.17, 15) is 10.1 Å². The minimum absolute atomic E-state index is 0.142. The zero-order valence-corrected chi connectivity index (χ0v) is 12.0. The summed E-state index contributed by atoms with van der Waals surface area (Å²) in [4.78, 5) is 14.2. The molecule has 20 heavy (non-hydrogen) atoms. The molecule has 1 aromatic rings. The Hall–Kier alpha value is -1.81. The molecule has 0 bridgehead atoms. The van der Waals surface area contributed by atoms with E-state index >= 15 is 0 Å². The van der Waals surface area contributed by atoms with E-state index in [0.717, 1.165) is 12.8 Å². The highest BCUT2D eigenvalue weighted by atomic mass is 32.2. The lowest BCUT2D eigenvalue weighted by atomic mass is 9.95. The van der Waals surface area contributed by atoms with Gasteiger partial charge in [-0.25, -0.2) is 4.98 Å². The fourth-order valence-electron chi connectivity index (χ4n) is 2.50. The number of rotatable bonds is 4. The number of pyridine rings is 1. The van der Waals surface area contributed by atoms with Crippen LogP contribution in [0.4, 0.5) is 11.5 Å². The molecular weight excluding hydrogens is 276 g/mol. The van der Waals surface area contributed by atoms with E-state index in [-0.39, 0.29) is 11.4 Å². The predicted octanol–water partition coefficient (Wildman–Crippen LogP) is 2.95. The lowest BCUT2D eigenvalue weighted by Crippen LogP contribution is -2.34. The summed E-state index contributed by atoms with van der Waals surface area (Å²) in [6.45, 7) is 0. The molecule has 2 atom stereocenters. The summed E-state index contributed by atoms with van der Waals surface area (Å²) < 4.78 is 0. The molecule has 1 aliphatic rings. The third-order valence-corrected chi connectivity index (χ3v) is 4.68. The molecule has 2 unspecified atom stereocenters. The van der Waals surface area contributed by atoms with Crippen molar-refractivity contribution in [3.63, 3.8) is 0 Å². The quantitative estimate of drug-likeness (QED) is 0.677. The molecule has 1 aromatic heterocycles. The molecule has 0 saturated heterocycles. The van der Waals surface area contributed by atoms with Gasteiger partial charge in [0.2, 0.25) is 5.69 Å². The molecule has 0 amide bonds. The monoisotopic (exact) mass is 292 g/mol. The van der Waals surface area contributed by atoms with Gasteiger partial charge in [0.05, 0.1) is 4.92 Å². The van der Waals surface area contributed by atoms with E-state index in [1.165, 1.54) is 18.9 Å². The van der Waals surface area contributed by atoms with Crippen LogP contribution in [0.15, 0.2) is 12.1 Å². The third kappa shape index (κ3) is 3.20. The maximum atomic E-state index is 10.8. The number of anilines is 1. The predicted molar refractivity (Wildman–Crippen MR) is 78.8 cm³/mol. The van der Waals surface area contributed by atoms with Gasteiger partial charge in [0.25, 0.3) is 0 Å². The molecule has 1 heterocycles. The van der Waals surface area contributed by atoms with Crippen molar-refractivity contribution >= 4 is 23.3 Å². The van der Waals surface area contributed by atoms with Crippen molar-refractivity contribution in [3.05, 3.63) is 27.9 Å². The number of aromatic nitrogens is 1. The van der Waals surface area contributed by atoms with E-state index in [1.807, 2.05) is 11.8 Å². The Balaban J connectivity index is 2.17. The van der Waals surface area contributed by atoms with Crippen LogP contribution in [-0.4, -0.2) is 27.5 Å². The highest BCUT2D eigenvalue weighted by Gasteiger charge is 2.25. The van der Waals surface area contributed by atoms with Crippen molar-refractivity contribution in [2.24, 2.45) is 0 Å². The number of nitrogens with one attached hydrogen (secondary N) is 1. The third-order valence-electron chi connectivity index (χ3n) is 3.52. The van der Waals surface area contributed by atoms with Gasteiger partial charge in [-0.2, -0.15) is 17.0 Å². The fraction of sp³-hybridized carbons (Fsp3) is 0.538. The Bertz CT molecular complexity index is 544. The SMILES string of the molecule is CSC1CCCCC1Nc1ccc([N+](=O)[O-])c(C#N)n1. The van der Waals surface area contributed by atoms with Crippen LogP contribution in [0.5, 0.6) is 0 Å². The van der Waals surface area contributed by atoms with Gasteiger partial charge in [-0.05, 0) is 25.2 Å². The summed E-state index contributed by atoms with van der Waals surface area (Å²) in [6, 6.07) is 5.00. The topological polar surface area (TPSA) is 91.9 Å². The van der Waals surface area contributed by atoms with Gasteiger partial charge in [-0.1, -0.05) is 12.8 Å². The zero-order chi connectivity index (χ0) is 14.5. The van der Waals surface area contributed by atoms with E-state index in [4.69, 9.17) is 5.26 Å². The lowest BCUT2D eigenvalue weighted by molar-refractivity contribution is -0.385. The molecule has 0 spiro atoms. The van der Waals surface area contributed by atoms with Gasteiger partial charge < -0.3 is 5.32 Å². The molecule has 1 aliphatic carbocycles. The molecule has 1 N–H and O–H groups in total. The minimum Gasteiger partial charge on any atom is -0.366 e. The van der Waals surface area contributed by atoms with Crippen molar-refractivity contribution < 1.29 is 4.92 Å². The normalized spacial score (nSPS) is 22.0. The Morgan fingerprint density at radius 2 is 2.25 bits per heavy atom. The van der Waals surface area contributed by atoms with Crippen LogP contribution in [-0.2, 0) is 0 Å². The zero-order valence-electron chi connectivity index (χ0n) is 11.2. The molecular formula is C13H16N4O2S. The van der Waals surface area contributed by atoms with E-state index in [1.54, 1.807) is 12.1 Å². The van der Waals surface area contributed by atoms with Crippen LogP contribution in [0.2, 0.25) is 0 Å². The smallest absolute Gasteiger partial charge is 0.305 e. The largest absolute Gasteiger partial charge is 0.366 e. The van der Waals surface area contributed by atoms with Crippen LogP contribution in [0.25, 0.3) is 0 Å². The Kier molecular flexibility index (Phi) is 4.79. The molecule has 1 saturated carbocycles. The van der Waals surface area contributed by atoms with Crippen molar-refractivity contribution in [2.45, 2.75) is 37.0 Å². The van der Waals surface area contributed by atoms with Crippen molar-refractivity contribution in [1.82, 2.24) is 4.98 Å². The summed E-state index contributed by atoms with van der Waals surface area (Å²) in [5.74, 6) is 0.540. The van der Waals surface area contributed by atoms with E-state index < -0.39 is 4.92 Å². The van der Waals surface area contributed by atoms with E-state index in [0.29, 0.717) is 17.1 Å². The number of hydrogen-bond donors (Lipinski definition) is 1. The first-order valence-corrected chi connectivity index (χ1v) is 7.79. The van der Waals surface area contributed by atoms with Crippen LogP contribution in [0.1, 0.15) is 31.4 Å². The second-order valence-corrected chi connectivity index (χ2v) is 5.82. The second kappa shape index (κ2) is 6.57. The average molecular weight is 292 g/mol. The van der Waals surface area contributed by atoms with Gasteiger partial charge in [-0.3, -0.25) is 10.1 Å². The first kappa shape index (κ1) is 14.6. The van der Waals surface area contributed by atoms with Crippen LogP contribution in [0, 0.1) is 21.4 Å². The van der Waals surface area contributed by atoms with Crippen LogP contribution >= 0.6 is 11.8 Å². The highest BCUT2D eigenvalue weighted by molar-refractivity contribution is 7.99. The fourth-order valence-corrected chi connectivity index (χ4v) is 3.43. The molecule has 106 valence electrons. The first-order chi connectivity index (χ1) is 9.65. The van der Waals surface area contributed by atoms with E-state index in [2.05, 4.69) is 16.6 Å². The molecule has 0 radical (unpaired) electrons. The summed E-state index contributed by atoms with van der Waals surface area (Å²) in [5, 5.41) is 23.6. The molecule has 6 nitrogen and oxygen atoms in total. The summed E-state index contributed by atoms with van der Waals surface area (Å²) in [7, 11) is 0. The average Bonchev–Trinajstić information content (AvgIpc) is 2.47. The summed E-state index contributed by atoms with van der Waals surface area (Å²) >= 11 is 1.83. The molecule has 7 heteroatoms. The van der Waals surface area contributed by atoms with Crippen molar-refractivity contribution in [3.8, 4) is 6.07 Å². The van der Waals surface area contributed by atoms with Crippen LogP contribution < -0.4 is 5.32 Å². The Morgan fingerprint density at radius 1 is 1.50 bits per heavy atom. The number of hydrogen-bond acceptors (Lipinski definition) is 6. The molecule has 0 aliphatic heterocycles. The number of nitrogens with zero attached hydrogens (tertiary/aromatic N) is 3. The number of thioether (sulfide) groups is 1. The molecule has 0 aromatic carbocycles. The Morgan fingerprint density at radius 3 is 2.90 bits per heavy atom. The summed E-state index contributed by atoms with van der Waals surface area (Å²) in [5.41, 5.74) is -0.389. The second-order valence-electron chi connectivity index (χ2n) is 4.74. The van der Waals surface area contributed by atoms with Gasteiger partial charge in [0, 0.05) is 17.4 Å². The minimum atomic E-state index is -0.583.